The largest absolute Gasteiger partial charge is 0.359 e. The normalized spacial score (nSPS) is 28.2. The molecule has 1 rings (SSSR count). The van der Waals surface area contributed by atoms with Gasteiger partial charge in [-0.3, -0.25) is 0 Å². The summed E-state index contributed by atoms with van der Waals surface area (Å²) in [5.41, 5.74) is 0. The Kier molecular flexibility index (Phi) is 3.21. The summed E-state index contributed by atoms with van der Waals surface area (Å²) in [7, 11) is 4.33. The maximum absolute atomic E-state index is 3.55. The van der Waals surface area contributed by atoms with Crippen molar-refractivity contribution < 1.29 is 0 Å². The van der Waals surface area contributed by atoms with Crippen molar-refractivity contribution in [1.29, 1.82) is 0 Å². The third-order valence-electron chi connectivity index (χ3n) is 3.10. The molecular weight excluding hydrogens is 148 g/mol. The molecule has 1 atom stereocenters. The number of nitrogens with zero attached hydrogens (tertiary/aromatic N) is 2. The average Bonchev–Trinajstić information content (AvgIpc) is 2.08. The zero-order valence-corrected chi connectivity index (χ0v) is 8.83. The Balaban J connectivity index is 2.63. The molecule has 0 aromatic rings. The summed E-state index contributed by atoms with van der Waals surface area (Å²) in [6.45, 7) is 7.71. The monoisotopic (exact) mass is 167 g/mol. The van der Waals surface area contributed by atoms with Crippen LogP contribution in [0.5, 0.6) is 0 Å². The Labute approximate surface area is 76.7 Å². The first-order chi connectivity index (χ1) is 5.57. The van der Waals surface area contributed by atoms with Crippen LogP contribution in [-0.4, -0.2) is 43.8 Å². The Morgan fingerprint density at radius 2 is 1.92 bits per heavy atom. The lowest BCUT2D eigenvalue weighted by atomic mass is 9.59. The van der Waals surface area contributed by atoms with Gasteiger partial charge in [0.05, 0.1) is 0 Å². The van der Waals surface area contributed by atoms with Crippen molar-refractivity contribution in [3.8, 4) is 0 Å². The van der Waals surface area contributed by atoms with Crippen molar-refractivity contribution in [2.75, 3.05) is 14.1 Å². The van der Waals surface area contributed by atoms with Crippen molar-refractivity contribution in [3.63, 3.8) is 0 Å². The SMILES string of the molecule is CCC1NB(C)N(C)B(C)N1C. The molecule has 0 aromatic heterocycles. The fraction of sp³-hybridized carbons (Fsp3) is 1.00. The van der Waals surface area contributed by atoms with Gasteiger partial charge in [0.25, 0.3) is 14.0 Å². The molecule has 1 unspecified atom stereocenters. The zero-order valence-electron chi connectivity index (χ0n) is 8.83. The van der Waals surface area contributed by atoms with Gasteiger partial charge in [-0.05, 0) is 20.5 Å². The fourth-order valence-corrected chi connectivity index (χ4v) is 1.79. The van der Waals surface area contributed by atoms with Gasteiger partial charge in [-0.1, -0.05) is 20.6 Å². The van der Waals surface area contributed by atoms with Gasteiger partial charge in [0, 0.05) is 6.17 Å². The maximum atomic E-state index is 3.55. The van der Waals surface area contributed by atoms with E-state index in [1.165, 1.54) is 6.42 Å². The molecule has 0 saturated carbocycles. The average molecular weight is 167 g/mol. The molecule has 68 valence electrons. The third kappa shape index (κ3) is 1.68. The lowest BCUT2D eigenvalue weighted by Gasteiger charge is -2.45. The van der Waals surface area contributed by atoms with Crippen LogP contribution in [0.2, 0.25) is 13.6 Å². The van der Waals surface area contributed by atoms with E-state index in [9.17, 15) is 0 Å². The Morgan fingerprint density at radius 3 is 2.42 bits per heavy atom. The van der Waals surface area contributed by atoms with Crippen LogP contribution < -0.4 is 5.23 Å². The molecule has 1 heterocycles. The highest BCUT2D eigenvalue weighted by Crippen LogP contribution is 2.11. The van der Waals surface area contributed by atoms with E-state index >= 15 is 0 Å². The first kappa shape index (κ1) is 10.1. The molecule has 0 radical (unpaired) electrons. The molecule has 12 heavy (non-hydrogen) atoms. The predicted molar refractivity (Wildman–Crippen MR) is 56.0 cm³/mol. The second-order valence-electron chi connectivity index (χ2n) is 3.73. The van der Waals surface area contributed by atoms with Crippen LogP contribution in [0.25, 0.3) is 0 Å². The van der Waals surface area contributed by atoms with E-state index in [1.54, 1.807) is 0 Å². The summed E-state index contributed by atoms with van der Waals surface area (Å²) in [5, 5.41) is 3.55. The van der Waals surface area contributed by atoms with Crippen molar-refractivity contribution >= 4 is 14.0 Å². The van der Waals surface area contributed by atoms with Crippen LogP contribution in [0.4, 0.5) is 0 Å². The van der Waals surface area contributed by atoms with Crippen LogP contribution >= 0.6 is 0 Å². The molecule has 0 aliphatic carbocycles. The summed E-state index contributed by atoms with van der Waals surface area (Å²) in [6, 6.07) is 0. The van der Waals surface area contributed by atoms with Crippen LogP contribution in [0.15, 0.2) is 0 Å². The highest BCUT2D eigenvalue weighted by Gasteiger charge is 2.35. The summed E-state index contributed by atoms with van der Waals surface area (Å²) < 4.78 is 2.34. The molecule has 0 bridgehead atoms. The maximum Gasteiger partial charge on any atom is 0.298 e. The molecule has 0 spiro atoms. The third-order valence-corrected chi connectivity index (χ3v) is 3.10. The van der Waals surface area contributed by atoms with Crippen molar-refractivity contribution in [2.24, 2.45) is 0 Å². The number of nitrogens with one attached hydrogen (secondary N) is 1. The highest BCUT2D eigenvalue weighted by atomic mass is 15.3. The lowest BCUT2D eigenvalue weighted by molar-refractivity contribution is 0.308. The standard InChI is InChI=1S/C7H19B2N3/c1-6-7-10-8(2)12(5)9(3)11(7)4/h7,10H,6H2,1-5H3. The van der Waals surface area contributed by atoms with Gasteiger partial charge in [0.2, 0.25) is 0 Å². The van der Waals surface area contributed by atoms with Gasteiger partial charge in [-0.15, -0.1) is 0 Å². The molecule has 1 aliphatic rings. The highest BCUT2D eigenvalue weighted by molar-refractivity contribution is 6.69. The van der Waals surface area contributed by atoms with E-state index in [1.807, 2.05) is 0 Å². The van der Waals surface area contributed by atoms with Crippen molar-refractivity contribution in [1.82, 2.24) is 14.8 Å². The number of hydrogen-bond donors (Lipinski definition) is 1. The van der Waals surface area contributed by atoms with E-state index in [4.69, 9.17) is 0 Å². The molecule has 3 nitrogen and oxygen atoms in total. The molecule has 1 fully saturated rings. The minimum absolute atomic E-state index is 0.487. The topological polar surface area (TPSA) is 18.5 Å². The van der Waals surface area contributed by atoms with Gasteiger partial charge >= 0.3 is 0 Å². The fourth-order valence-electron chi connectivity index (χ4n) is 1.79. The molecular formula is C7H19B2N3. The van der Waals surface area contributed by atoms with Crippen molar-refractivity contribution in [3.05, 3.63) is 0 Å². The van der Waals surface area contributed by atoms with Gasteiger partial charge < -0.3 is 14.8 Å². The number of hydrogen-bond acceptors (Lipinski definition) is 3. The van der Waals surface area contributed by atoms with Crippen LogP contribution in [0.3, 0.4) is 0 Å². The smallest absolute Gasteiger partial charge is 0.298 e. The Hall–Kier alpha value is 0.00987. The summed E-state index contributed by atoms with van der Waals surface area (Å²) >= 11 is 0. The summed E-state index contributed by atoms with van der Waals surface area (Å²) in [4.78, 5) is 2.38. The zero-order chi connectivity index (χ0) is 9.30. The van der Waals surface area contributed by atoms with E-state index in [2.05, 4.69) is 49.4 Å². The quantitative estimate of drug-likeness (QED) is 0.571. The lowest BCUT2D eigenvalue weighted by Crippen LogP contribution is -2.70. The minimum atomic E-state index is 0.487. The Morgan fingerprint density at radius 1 is 1.33 bits per heavy atom. The van der Waals surface area contributed by atoms with Crippen molar-refractivity contribution in [2.45, 2.75) is 33.2 Å². The molecule has 5 heteroatoms. The molecule has 1 aliphatic heterocycles. The van der Waals surface area contributed by atoms with Gasteiger partial charge in [0.1, 0.15) is 0 Å². The first-order valence-corrected chi connectivity index (χ1v) is 4.77. The first-order valence-electron chi connectivity index (χ1n) is 4.77. The number of rotatable bonds is 1. The van der Waals surface area contributed by atoms with E-state index < -0.39 is 0 Å². The molecule has 1 saturated heterocycles. The second-order valence-corrected chi connectivity index (χ2v) is 3.73. The molecule has 1 N–H and O–H groups in total. The van der Waals surface area contributed by atoms with Gasteiger partial charge in [0.15, 0.2) is 0 Å². The summed E-state index contributed by atoms with van der Waals surface area (Å²) in [6.07, 6.45) is 1.70. The van der Waals surface area contributed by atoms with Crippen LogP contribution in [-0.2, 0) is 0 Å². The molecule has 0 aromatic carbocycles. The van der Waals surface area contributed by atoms with E-state index in [-0.39, 0.29) is 0 Å². The predicted octanol–water partition coefficient (Wildman–Crippen LogP) is 0.425. The minimum Gasteiger partial charge on any atom is -0.359 e. The van der Waals surface area contributed by atoms with E-state index in [0.717, 1.165) is 0 Å². The van der Waals surface area contributed by atoms with Crippen LogP contribution in [0.1, 0.15) is 13.3 Å². The Bertz CT molecular complexity index is 151. The molecule has 0 amide bonds. The summed E-state index contributed by atoms with van der Waals surface area (Å²) in [5.74, 6) is 0. The second kappa shape index (κ2) is 3.81. The van der Waals surface area contributed by atoms with Gasteiger partial charge in [-0.25, -0.2) is 0 Å². The van der Waals surface area contributed by atoms with Gasteiger partial charge in [-0.2, -0.15) is 0 Å². The van der Waals surface area contributed by atoms with Crippen LogP contribution in [0, 0.1) is 0 Å². The van der Waals surface area contributed by atoms with E-state index in [0.29, 0.717) is 20.1 Å².